The largest absolute Gasteiger partial charge is 1.00 e. The van der Waals surface area contributed by atoms with Gasteiger partial charge in [0.1, 0.15) is 32.3 Å². The number of carbonyl (C=O) groups is 1. The van der Waals surface area contributed by atoms with Crippen LogP contribution in [0.4, 0.5) is 0 Å². The van der Waals surface area contributed by atoms with E-state index >= 15 is 0 Å². The van der Waals surface area contributed by atoms with Gasteiger partial charge < -0.3 is 14.8 Å². The Bertz CT molecular complexity index is 714. The van der Waals surface area contributed by atoms with Crippen LogP contribution in [0.25, 0.3) is 0 Å². The second-order valence-corrected chi connectivity index (χ2v) is 10.4. The van der Waals surface area contributed by atoms with E-state index in [4.69, 9.17) is 0 Å². The Morgan fingerprint density at radius 3 is 2.09 bits per heavy atom. The van der Waals surface area contributed by atoms with Gasteiger partial charge in [0.25, 0.3) is 0 Å². The number of amidine groups is 1. The minimum Gasteiger partial charge on any atom is -0.748 e. The van der Waals surface area contributed by atoms with Crippen LogP contribution in [-0.4, -0.2) is 88.9 Å². The van der Waals surface area contributed by atoms with Gasteiger partial charge in [0.15, 0.2) is 0 Å². The van der Waals surface area contributed by atoms with Crippen LogP contribution >= 0.6 is 0 Å². The van der Waals surface area contributed by atoms with Crippen LogP contribution in [-0.2, 0) is 14.9 Å². The van der Waals surface area contributed by atoms with Crippen molar-refractivity contribution in [2.75, 3.05) is 38.5 Å². The Hall–Kier alpha value is -0.290. The summed E-state index contributed by atoms with van der Waals surface area (Å²) in [5.41, 5.74) is 0. The van der Waals surface area contributed by atoms with E-state index in [2.05, 4.69) is 6.58 Å². The number of hydrogen-bond donors (Lipinski definition) is 2. The fourth-order valence-corrected chi connectivity index (χ4v) is 4.92. The molecule has 0 saturated heterocycles. The number of nitrogens with zero attached hydrogens (tertiary/aromatic N) is 2. The molecule has 1 aliphatic heterocycles. The summed E-state index contributed by atoms with van der Waals surface area (Å²) in [4.78, 5) is 14.6. The fraction of sp³-hybridized carbons (Fsp3) is 0.833. The Morgan fingerprint density at radius 1 is 1.06 bits per heavy atom. The summed E-state index contributed by atoms with van der Waals surface area (Å²) >= 11 is 0. The van der Waals surface area contributed by atoms with E-state index in [0.29, 0.717) is 31.9 Å². The van der Waals surface area contributed by atoms with Crippen molar-refractivity contribution >= 4 is 21.7 Å². The topological polar surface area (TPSA) is 121 Å². The Kier molecular flexibility index (Phi) is 19.7. The molecule has 0 amide bonds. The van der Waals surface area contributed by atoms with Crippen molar-refractivity contribution in [1.29, 1.82) is 0 Å². The maximum Gasteiger partial charge on any atom is 1.00 e. The number of carbonyl (C=O) groups excluding carboxylic acids is 1. The van der Waals surface area contributed by atoms with Crippen molar-refractivity contribution in [2.45, 2.75) is 89.6 Å². The first-order valence-corrected chi connectivity index (χ1v) is 14.1. The van der Waals surface area contributed by atoms with Crippen molar-refractivity contribution in [3.63, 3.8) is 0 Å². The predicted octanol–water partition coefficient (Wildman–Crippen LogP) is -0.558. The van der Waals surface area contributed by atoms with Crippen LogP contribution in [0.15, 0.2) is 12.7 Å². The number of rotatable bonds is 21. The Morgan fingerprint density at radius 2 is 1.59 bits per heavy atom. The predicted molar refractivity (Wildman–Crippen MR) is 129 cm³/mol. The number of hydrogen-bond acceptors (Lipinski definition) is 7. The molecule has 1 rings (SSSR count). The van der Waals surface area contributed by atoms with E-state index in [0.717, 1.165) is 25.7 Å². The normalized spacial score (nSPS) is 14.9. The molecule has 10 heteroatoms. The molecule has 34 heavy (non-hydrogen) atoms. The van der Waals surface area contributed by atoms with Crippen LogP contribution in [0.1, 0.15) is 83.5 Å². The van der Waals surface area contributed by atoms with Crippen LogP contribution in [0, 0.1) is 0 Å². The van der Waals surface area contributed by atoms with E-state index in [1.165, 1.54) is 51.4 Å². The first-order valence-electron chi connectivity index (χ1n) is 12.5. The number of ketones is 1. The maximum absolute atomic E-state index is 12.8. The molecule has 1 heterocycles. The molecule has 0 aromatic rings. The molecule has 0 radical (unpaired) electrons. The third kappa shape index (κ3) is 15.7. The molecule has 1 aliphatic rings. The number of allylic oxidation sites excluding steroid dienone is 1. The van der Waals surface area contributed by atoms with Gasteiger partial charge in [0.2, 0.25) is 5.78 Å². The van der Waals surface area contributed by atoms with E-state index in [1.807, 2.05) is 6.08 Å². The smallest absolute Gasteiger partial charge is 0.748 e. The molecule has 0 aliphatic carbocycles. The summed E-state index contributed by atoms with van der Waals surface area (Å²) in [6.45, 7) is 4.84. The maximum atomic E-state index is 12.8. The molecule has 0 saturated carbocycles. The van der Waals surface area contributed by atoms with Gasteiger partial charge in [-0.05, 0) is 19.3 Å². The third-order valence-electron chi connectivity index (χ3n) is 6.00. The first-order chi connectivity index (χ1) is 15.8. The molecule has 0 aromatic carbocycles. The molecule has 0 bridgehead atoms. The van der Waals surface area contributed by atoms with Gasteiger partial charge in [-0.25, -0.2) is 8.42 Å². The van der Waals surface area contributed by atoms with Crippen molar-refractivity contribution in [2.24, 2.45) is 0 Å². The molecule has 192 valence electrons. The minimum atomic E-state index is -4.54. The van der Waals surface area contributed by atoms with Crippen molar-refractivity contribution in [3.8, 4) is 0 Å². The quantitative estimate of drug-likeness (QED) is 0.0697. The summed E-state index contributed by atoms with van der Waals surface area (Å²) in [6, 6.07) is 0. The van der Waals surface area contributed by atoms with Gasteiger partial charge in [0.05, 0.1) is 22.5 Å². The zero-order chi connectivity index (χ0) is 24.5. The average molecular weight is 512 g/mol. The molecular weight excluding hydrogens is 467 g/mol. The van der Waals surface area contributed by atoms with Crippen molar-refractivity contribution in [1.82, 2.24) is 4.90 Å². The third-order valence-corrected chi connectivity index (χ3v) is 6.79. The number of aliphatic hydroxyl groups excluding tert-OH is 2. The van der Waals surface area contributed by atoms with E-state index in [1.54, 1.807) is 9.48 Å². The van der Waals surface area contributed by atoms with Gasteiger partial charge in [-0.1, -0.05) is 63.9 Å². The van der Waals surface area contributed by atoms with Gasteiger partial charge >= 0.3 is 35.4 Å². The fourth-order valence-electron chi connectivity index (χ4n) is 4.34. The van der Waals surface area contributed by atoms with E-state index < -0.39 is 22.0 Å². The van der Waals surface area contributed by atoms with Crippen LogP contribution in [0.3, 0.4) is 0 Å². The molecule has 2 N–H and O–H groups in total. The molecule has 1 unspecified atom stereocenters. The summed E-state index contributed by atoms with van der Waals surface area (Å²) in [5.74, 6) is -0.519. The summed E-state index contributed by atoms with van der Waals surface area (Å²) in [6.07, 6.45) is 15.1. The molecule has 0 fully saturated rings. The zero-order valence-corrected chi connectivity index (χ0v) is 23.9. The number of Topliss-reactive ketones (excluding diaryl/α,β-unsaturated/α-hetero) is 1. The molecular formula is C24H44N2NaO6S+. The summed E-state index contributed by atoms with van der Waals surface area (Å²) in [7, 11) is -4.54. The van der Waals surface area contributed by atoms with Crippen molar-refractivity contribution < 1.29 is 62.1 Å². The number of β-amino-alcohol motifs (C(OH)–C–C–N with tert-alkyl or cyclic N) is 2. The number of aliphatic hydroxyl groups is 2. The SMILES string of the molecule is C=CCCCCCCCCCCCCCC(=O)C1=[N+](CC(O)CS(=O)(=O)[O-])CCN1CCO.[Na+]. The van der Waals surface area contributed by atoms with E-state index in [9.17, 15) is 28.0 Å². The molecule has 0 aromatic heterocycles. The minimum absolute atomic E-state index is 0. The molecule has 1 atom stereocenters. The van der Waals surface area contributed by atoms with Crippen LogP contribution < -0.4 is 29.6 Å². The van der Waals surface area contributed by atoms with Crippen LogP contribution in [0.2, 0.25) is 0 Å². The average Bonchev–Trinajstić information content (AvgIpc) is 3.12. The Labute approximate surface area is 228 Å². The molecule has 8 nitrogen and oxygen atoms in total. The Balaban J connectivity index is 0.0000109. The monoisotopic (exact) mass is 511 g/mol. The summed E-state index contributed by atoms with van der Waals surface area (Å²) in [5, 5.41) is 19.2. The van der Waals surface area contributed by atoms with E-state index in [-0.39, 0.29) is 48.5 Å². The first kappa shape index (κ1) is 33.7. The second kappa shape index (κ2) is 19.8. The van der Waals surface area contributed by atoms with Gasteiger partial charge in [-0.3, -0.25) is 14.3 Å². The summed E-state index contributed by atoms with van der Waals surface area (Å²) < 4.78 is 34.3. The molecule has 0 spiro atoms. The zero-order valence-electron chi connectivity index (χ0n) is 21.1. The van der Waals surface area contributed by atoms with Gasteiger partial charge in [-0.15, -0.1) is 6.58 Å². The second-order valence-electron chi connectivity index (χ2n) is 9.00. The van der Waals surface area contributed by atoms with Crippen LogP contribution in [0.5, 0.6) is 0 Å². The van der Waals surface area contributed by atoms with Crippen molar-refractivity contribution in [3.05, 3.63) is 12.7 Å². The standard InChI is InChI=1S/C24H44N2O6S.Na/c1-2-3-4-5-6-7-8-9-10-11-12-13-14-15-23(29)24-25(18-19-27)16-17-26(24)20-22(28)21-33(30,31)32;/h2,22,27-28H,1,3-21H2;/q;+1. The number of unbranched alkanes of at least 4 members (excludes halogenated alkanes) is 11. The van der Waals surface area contributed by atoms with Gasteiger partial charge in [-0.2, -0.15) is 0 Å². The van der Waals surface area contributed by atoms with Gasteiger partial charge in [0, 0.05) is 6.42 Å².